The number of alkyl halides is 3. The van der Waals surface area contributed by atoms with Crippen LogP contribution in [-0.4, -0.2) is 55.8 Å². The molecular formula is C28H27F3N2O5. The Bertz CT molecular complexity index is 1190. The zero-order valence-corrected chi connectivity index (χ0v) is 20.5. The van der Waals surface area contributed by atoms with Crippen molar-refractivity contribution in [2.75, 3.05) is 32.9 Å². The van der Waals surface area contributed by atoms with E-state index in [0.717, 1.165) is 11.1 Å². The molecule has 1 amide bonds. The molecule has 1 heterocycles. The van der Waals surface area contributed by atoms with Gasteiger partial charge in [-0.25, -0.2) is 0 Å². The number of hydrogen-bond donors (Lipinski definition) is 0. The van der Waals surface area contributed by atoms with E-state index in [0.29, 0.717) is 49.7 Å². The normalized spacial score (nSPS) is 14.2. The van der Waals surface area contributed by atoms with Crippen molar-refractivity contribution < 1.29 is 37.0 Å². The van der Waals surface area contributed by atoms with Crippen LogP contribution in [0.2, 0.25) is 0 Å². The second-order valence-corrected chi connectivity index (χ2v) is 8.47. The van der Waals surface area contributed by atoms with Gasteiger partial charge in [0.1, 0.15) is 18.1 Å². The third kappa shape index (κ3) is 8.52. The predicted molar refractivity (Wildman–Crippen MR) is 134 cm³/mol. The molecule has 3 aromatic carbocycles. The van der Waals surface area contributed by atoms with E-state index in [4.69, 9.17) is 14.3 Å². The van der Waals surface area contributed by atoms with Crippen LogP contribution in [0.3, 0.4) is 0 Å². The summed E-state index contributed by atoms with van der Waals surface area (Å²) in [5, 5.41) is 4.32. The summed E-state index contributed by atoms with van der Waals surface area (Å²) in [5.41, 5.74) is 3.12. The number of benzene rings is 3. The van der Waals surface area contributed by atoms with Crippen molar-refractivity contribution in [2.24, 2.45) is 5.16 Å². The maximum Gasteiger partial charge on any atom is 0.573 e. The Balaban J connectivity index is 1.39. The number of amides is 1. The fourth-order valence-electron chi connectivity index (χ4n) is 3.74. The van der Waals surface area contributed by atoms with Crippen molar-refractivity contribution >= 4 is 11.6 Å². The molecule has 0 aromatic heterocycles. The van der Waals surface area contributed by atoms with Gasteiger partial charge in [-0.2, -0.15) is 0 Å². The molecule has 0 unspecified atom stereocenters. The summed E-state index contributed by atoms with van der Waals surface area (Å²) in [4.78, 5) is 19.6. The van der Waals surface area contributed by atoms with Crippen molar-refractivity contribution in [1.29, 1.82) is 0 Å². The first-order valence-electron chi connectivity index (χ1n) is 12.0. The van der Waals surface area contributed by atoms with Crippen molar-refractivity contribution in [3.8, 4) is 11.5 Å². The lowest BCUT2D eigenvalue weighted by Crippen LogP contribution is -2.42. The topological polar surface area (TPSA) is 69.6 Å². The Morgan fingerprint density at radius 1 is 0.868 bits per heavy atom. The number of rotatable bonds is 10. The average molecular weight is 529 g/mol. The van der Waals surface area contributed by atoms with Crippen LogP contribution in [0.5, 0.6) is 11.5 Å². The summed E-state index contributed by atoms with van der Waals surface area (Å²) in [5.74, 6) is 0.162. The van der Waals surface area contributed by atoms with E-state index < -0.39 is 6.36 Å². The number of carbonyl (C=O) groups excluding carboxylic acids is 1. The van der Waals surface area contributed by atoms with E-state index in [1.54, 1.807) is 17.0 Å². The van der Waals surface area contributed by atoms with Crippen molar-refractivity contribution in [3.63, 3.8) is 0 Å². The SMILES string of the molecule is O=C(COc1ccc(/C(Cc2ccccc2)=N/OCc2ccc(OC(F)(F)F)cc2)cc1)N1CCOCC1. The molecule has 1 aliphatic rings. The molecule has 1 fully saturated rings. The third-order valence-corrected chi connectivity index (χ3v) is 5.69. The van der Waals surface area contributed by atoms with Gasteiger partial charge in [-0.15, -0.1) is 13.2 Å². The van der Waals surface area contributed by atoms with Gasteiger partial charge in [0.05, 0.1) is 18.9 Å². The highest BCUT2D eigenvalue weighted by molar-refractivity contribution is 6.01. The quantitative estimate of drug-likeness (QED) is 0.274. The first-order valence-corrected chi connectivity index (χ1v) is 12.0. The second kappa shape index (κ2) is 13.0. The minimum absolute atomic E-state index is 0.0553. The largest absolute Gasteiger partial charge is 0.573 e. The van der Waals surface area contributed by atoms with Gasteiger partial charge in [-0.1, -0.05) is 47.6 Å². The molecule has 0 spiro atoms. The van der Waals surface area contributed by atoms with E-state index >= 15 is 0 Å². The summed E-state index contributed by atoms with van der Waals surface area (Å²) in [6, 6.07) is 22.4. The average Bonchev–Trinajstić information content (AvgIpc) is 2.93. The fraction of sp³-hybridized carbons (Fsp3) is 0.286. The van der Waals surface area contributed by atoms with E-state index in [1.807, 2.05) is 42.5 Å². The van der Waals surface area contributed by atoms with Crippen molar-refractivity contribution in [3.05, 3.63) is 95.6 Å². The van der Waals surface area contributed by atoms with Crippen molar-refractivity contribution in [1.82, 2.24) is 4.90 Å². The first-order chi connectivity index (χ1) is 18.4. The van der Waals surface area contributed by atoms with Gasteiger partial charge in [0, 0.05) is 19.5 Å². The number of halogens is 3. The summed E-state index contributed by atoms with van der Waals surface area (Å²) in [6.45, 7) is 2.20. The predicted octanol–water partition coefficient (Wildman–Crippen LogP) is 4.99. The molecular weight excluding hydrogens is 501 g/mol. The second-order valence-electron chi connectivity index (χ2n) is 8.47. The molecule has 7 nitrogen and oxygen atoms in total. The monoisotopic (exact) mass is 528 g/mol. The molecule has 1 saturated heterocycles. The zero-order valence-electron chi connectivity index (χ0n) is 20.5. The molecule has 0 atom stereocenters. The molecule has 1 aliphatic heterocycles. The maximum atomic E-state index is 12.4. The number of oxime groups is 1. The molecule has 0 N–H and O–H groups in total. The van der Waals surface area contributed by atoms with Gasteiger partial charge in [-0.05, 0) is 53.1 Å². The smallest absolute Gasteiger partial charge is 0.484 e. The van der Waals surface area contributed by atoms with Gasteiger partial charge < -0.3 is 23.9 Å². The van der Waals surface area contributed by atoms with E-state index in [1.165, 1.54) is 24.3 Å². The van der Waals surface area contributed by atoms with E-state index in [9.17, 15) is 18.0 Å². The molecule has 200 valence electrons. The lowest BCUT2D eigenvalue weighted by atomic mass is 10.0. The lowest BCUT2D eigenvalue weighted by molar-refractivity contribution is -0.274. The fourth-order valence-corrected chi connectivity index (χ4v) is 3.74. The summed E-state index contributed by atoms with van der Waals surface area (Å²) < 4.78 is 51.9. The standard InChI is InChI=1S/C28H27F3N2O5/c29-28(30,31)38-25-10-6-22(7-11-25)19-37-32-26(18-21-4-2-1-3-5-21)23-8-12-24(13-9-23)36-20-27(34)33-14-16-35-17-15-33/h1-13H,14-20H2/b32-26+. The van der Waals surface area contributed by atoms with Crippen molar-refractivity contribution in [2.45, 2.75) is 19.4 Å². The highest BCUT2D eigenvalue weighted by Crippen LogP contribution is 2.23. The molecule has 38 heavy (non-hydrogen) atoms. The number of hydrogen-bond acceptors (Lipinski definition) is 6. The Morgan fingerprint density at radius 2 is 1.53 bits per heavy atom. The Morgan fingerprint density at radius 3 is 2.18 bits per heavy atom. The molecule has 0 saturated carbocycles. The summed E-state index contributed by atoms with van der Waals surface area (Å²) >= 11 is 0. The molecule has 10 heteroatoms. The van der Waals surface area contributed by atoms with Gasteiger partial charge in [0.15, 0.2) is 6.61 Å². The van der Waals surface area contributed by atoms with E-state index in [2.05, 4.69) is 9.89 Å². The minimum atomic E-state index is -4.74. The summed E-state index contributed by atoms with van der Waals surface area (Å²) in [7, 11) is 0. The molecule has 0 bridgehead atoms. The van der Waals surface area contributed by atoms with Crippen LogP contribution in [0.25, 0.3) is 0 Å². The maximum absolute atomic E-state index is 12.4. The lowest BCUT2D eigenvalue weighted by Gasteiger charge is -2.26. The van der Waals surface area contributed by atoms with Crippen LogP contribution in [0.15, 0.2) is 84.0 Å². The van der Waals surface area contributed by atoms with Crippen LogP contribution < -0.4 is 9.47 Å². The van der Waals surface area contributed by atoms with Crippen LogP contribution in [-0.2, 0) is 27.4 Å². The van der Waals surface area contributed by atoms with Crippen LogP contribution >= 0.6 is 0 Å². The number of nitrogens with zero attached hydrogens (tertiary/aromatic N) is 2. The first kappa shape index (κ1) is 27.0. The molecule has 3 aromatic rings. The van der Waals surface area contributed by atoms with Gasteiger partial charge in [-0.3, -0.25) is 4.79 Å². The Labute approximate surface area is 218 Å². The van der Waals surface area contributed by atoms with Gasteiger partial charge >= 0.3 is 6.36 Å². The zero-order chi connectivity index (χ0) is 26.8. The third-order valence-electron chi connectivity index (χ3n) is 5.69. The van der Waals surface area contributed by atoms with Crippen LogP contribution in [0.4, 0.5) is 13.2 Å². The Kier molecular flexibility index (Phi) is 9.21. The van der Waals surface area contributed by atoms with Gasteiger partial charge in [0.2, 0.25) is 0 Å². The number of morpholine rings is 1. The van der Waals surface area contributed by atoms with Crippen LogP contribution in [0, 0.1) is 0 Å². The highest BCUT2D eigenvalue weighted by Gasteiger charge is 2.30. The number of carbonyl (C=O) groups is 1. The highest BCUT2D eigenvalue weighted by atomic mass is 19.4. The van der Waals surface area contributed by atoms with Crippen LogP contribution in [0.1, 0.15) is 16.7 Å². The molecule has 0 aliphatic carbocycles. The molecule has 4 rings (SSSR count). The van der Waals surface area contributed by atoms with Gasteiger partial charge in [0.25, 0.3) is 5.91 Å². The Hall–Kier alpha value is -4.05. The number of ether oxygens (including phenoxy) is 3. The molecule has 0 radical (unpaired) electrons. The minimum Gasteiger partial charge on any atom is -0.484 e. The van der Waals surface area contributed by atoms with E-state index in [-0.39, 0.29) is 24.9 Å². The summed E-state index contributed by atoms with van der Waals surface area (Å²) in [6.07, 6.45) is -4.25.